The number of hydrogen-bond donors (Lipinski definition) is 2. The third-order valence-electron chi connectivity index (χ3n) is 1.65. The van der Waals surface area contributed by atoms with E-state index in [9.17, 15) is 0 Å². The van der Waals surface area contributed by atoms with Gasteiger partial charge in [0, 0.05) is 7.05 Å². The van der Waals surface area contributed by atoms with Crippen molar-refractivity contribution in [2.24, 2.45) is 12.9 Å². The van der Waals surface area contributed by atoms with Crippen molar-refractivity contribution in [1.82, 2.24) is 25.2 Å². The number of pyridine rings is 1. The lowest BCUT2D eigenvalue weighted by Crippen LogP contribution is -2.08. The number of hydrazine groups is 1. The average Bonchev–Trinajstić information content (AvgIpc) is 2.65. The monoisotopic (exact) mass is 223 g/mol. The molecule has 2 heterocycles. The Morgan fingerprint density at radius 3 is 3.00 bits per heavy atom. The number of aromatic nitrogens is 5. The van der Waals surface area contributed by atoms with Crippen LogP contribution in [0.4, 0.5) is 5.82 Å². The van der Waals surface area contributed by atoms with Crippen molar-refractivity contribution < 1.29 is 0 Å². The molecular weight excluding hydrogens is 214 g/mol. The van der Waals surface area contributed by atoms with E-state index in [1.807, 2.05) is 12.1 Å². The van der Waals surface area contributed by atoms with E-state index in [1.165, 1.54) is 11.8 Å². The Kier molecular flexibility index (Phi) is 2.79. The molecule has 7 nitrogen and oxygen atoms in total. The maximum atomic E-state index is 5.25. The van der Waals surface area contributed by atoms with Crippen LogP contribution in [0.2, 0.25) is 0 Å². The van der Waals surface area contributed by atoms with Gasteiger partial charge in [0.05, 0.1) is 0 Å². The number of rotatable bonds is 3. The van der Waals surface area contributed by atoms with E-state index < -0.39 is 0 Å². The molecule has 2 rings (SSSR count). The molecule has 0 fully saturated rings. The van der Waals surface area contributed by atoms with Gasteiger partial charge in [-0.3, -0.25) is 0 Å². The topological polar surface area (TPSA) is 94.5 Å². The molecule has 0 unspecified atom stereocenters. The van der Waals surface area contributed by atoms with E-state index in [4.69, 9.17) is 5.84 Å². The maximum Gasteiger partial charge on any atom is 0.215 e. The molecule has 15 heavy (non-hydrogen) atoms. The summed E-state index contributed by atoms with van der Waals surface area (Å²) in [7, 11) is 1.77. The van der Waals surface area contributed by atoms with Crippen LogP contribution in [0.3, 0.4) is 0 Å². The zero-order valence-corrected chi connectivity index (χ0v) is 8.77. The molecule has 0 bridgehead atoms. The molecule has 0 amide bonds. The highest BCUT2D eigenvalue weighted by molar-refractivity contribution is 7.99. The first kappa shape index (κ1) is 9.87. The number of nitrogens with one attached hydrogen (secondary N) is 1. The Balaban J connectivity index is 2.21. The minimum absolute atomic E-state index is 0.607. The highest BCUT2D eigenvalue weighted by Gasteiger charge is 2.05. The summed E-state index contributed by atoms with van der Waals surface area (Å²) in [4.78, 5) is 4.23. The standard InChI is InChI=1S/C7H9N7S/c1-14-7(11-12-13-14)15-6-4-2-3-5(9-6)10-8/h2-4H,8H2,1H3,(H,9,10). The summed E-state index contributed by atoms with van der Waals surface area (Å²) in [5, 5.41) is 12.6. The van der Waals surface area contributed by atoms with Crippen LogP contribution < -0.4 is 11.3 Å². The van der Waals surface area contributed by atoms with E-state index >= 15 is 0 Å². The summed E-state index contributed by atoms with van der Waals surface area (Å²) >= 11 is 1.37. The molecule has 0 aliphatic heterocycles. The van der Waals surface area contributed by atoms with Crippen LogP contribution in [-0.2, 0) is 7.05 Å². The van der Waals surface area contributed by atoms with Gasteiger partial charge >= 0.3 is 0 Å². The highest BCUT2D eigenvalue weighted by atomic mass is 32.2. The molecule has 0 aliphatic carbocycles. The summed E-state index contributed by atoms with van der Waals surface area (Å²) in [5.74, 6) is 5.86. The largest absolute Gasteiger partial charge is 0.308 e. The molecule has 0 spiro atoms. The van der Waals surface area contributed by atoms with Gasteiger partial charge in [0.15, 0.2) is 0 Å². The zero-order chi connectivity index (χ0) is 10.7. The Morgan fingerprint density at radius 1 is 1.47 bits per heavy atom. The Labute approximate surface area is 90.0 Å². The van der Waals surface area contributed by atoms with Gasteiger partial charge in [-0.2, -0.15) is 0 Å². The molecule has 3 N–H and O–H groups in total. The van der Waals surface area contributed by atoms with E-state index in [0.29, 0.717) is 11.0 Å². The van der Waals surface area contributed by atoms with Crippen LogP contribution in [0.1, 0.15) is 0 Å². The van der Waals surface area contributed by atoms with Crippen molar-refractivity contribution in [2.75, 3.05) is 5.43 Å². The van der Waals surface area contributed by atoms with Gasteiger partial charge in [-0.05, 0) is 34.3 Å². The SMILES string of the molecule is Cn1nnnc1Sc1cccc(NN)n1. The number of nitrogen functional groups attached to an aromatic ring is 1. The summed E-state index contributed by atoms with van der Waals surface area (Å²) in [6.07, 6.45) is 0. The van der Waals surface area contributed by atoms with E-state index in [-0.39, 0.29) is 0 Å². The number of aryl methyl sites for hydroxylation is 1. The summed E-state index contributed by atoms with van der Waals surface area (Å²) < 4.78 is 1.58. The second-order valence-corrected chi connectivity index (χ2v) is 3.68. The van der Waals surface area contributed by atoms with E-state index in [2.05, 4.69) is 25.9 Å². The second-order valence-electron chi connectivity index (χ2n) is 2.69. The number of nitrogens with zero attached hydrogens (tertiary/aromatic N) is 5. The normalized spacial score (nSPS) is 10.3. The van der Waals surface area contributed by atoms with Crippen LogP contribution in [-0.4, -0.2) is 25.2 Å². The first-order valence-corrected chi connectivity index (χ1v) is 4.95. The summed E-state index contributed by atoms with van der Waals surface area (Å²) in [6.45, 7) is 0. The molecular formula is C7H9N7S. The third kappa shape index (κ3) is 2.22. The summed E-state index contributed by atoms with van der Waals surface area (Å²) in [5.41, 5.74) is 2.48. The predicted molar refractivity (Wildman–Crippen MR) is 55.0 cm³/mol. The van der Waals surface area contributed by atoms with E-state index in [1.54, 1.807) is 17.8 Å². The Hall–Kier alpha value is -1.67. The zero-order valence-electron chi connectivity index (χ0n) is 7.95. The fourth-order valence-corrected chi connectivity index (χ4v) is 1.68. The minimum Gasteiger partial charge on any atom is -0.308 e. The van der Waals surface area contributed by atoms with Crippen molar-refractivity contribution in [1.29, 1.82) is 0 Å². The Bertz CT molecular complexity index is 454. The first-order valence-electron chi connectivity index (χ1n) is 4.13. The first-order chi connectivity index (χ1) is 7.29. The molecule has 0 radical (unpaired) electrons. The number of tetrazole rings is 1. The quantitative estimate of drug-likeness (QED) is 0.560. The van der Waals surface area contributed by atoms with Crippen LogP contribution in [0, 0.1) is 0 Å². The van der Waals surface area contributed by atoms with Crippen molar-refractivity contribution in [3.63, 3.8) is 0 Å². The minimum atomic E-state index is 0.607. The van der Waals surface area contributed by atoms with Crippen molar-refractivity contribution in [3.05, 3.63) is 18.2 Å². The smallest absolute Gasteiger partial charge is 0.215 e. The van der Waals surface area contributed by atoms with Gasteiger partial charge in [-0.1, -0.05) is 6.07 Å². The fraction of sp³-hybridized carbons (Fsp3) is 0.143. The van der Waals surface area contributed by atoms with E-state index in [0.717, 1.165) is 5.03 Å². The predicted octanol–water partition coefficient (Wildman–Crippen LogP) is 0.0419. The molecule has 0 aromatic carbocycles. The van der Waals surface area contributed by atoms with Gasteiger partial charge in [-0.25, -0.2) is 15.5 Å². The maximum absolute atomic E-state index is 5.25. The van der Waals surface area contributed by atoms with Crippen LogP contribution in [0.5, 0.6) is 0 Å². The van der Waals surface area contributed by atoms with Crippen LogP contribution >= 0.6 is 11.8 Å². The van der Waals surface area contributed by atoms with Crippen LogP contribution in [0.25, 0.3) is 0 Å². The molecule has 2 aromatic heterocycles. The fourth-order valence-electron chi connectivity index (χ4n) is 0.953. The second kappa shape index (κ2) is 4.24. The number of hydrogen-bond acceptors (Lipinski definition) is 7. The third-order valence-corrected chi connectivity index (χ3v) is 2.61. The number of nitrogens with two attached hydrogens (primary N) is 1. The van der Waals surface area contributed by atoms with Gasteiger partial charge in [0.25, 0.3) is 0 Å². The molecule has 0 atom stereocenters. The van der Waals surface area contributed by atoms with Crippen molar-refractivity contribution in [3.8, 4) is 0 Å². The van der Waals surface area contributed by atoms with Crippen LogP contribution in [0.15, 0.2) is 28.4 Å². The lowest BCUT2D eigenvalue weighted by atomic mass is 10.5. The van der Waals surface area contributed by atoms with Gasteiger partial charge in [-0.15, -0.1) is 5.10 Å². The van der Waals surface area contributed by atoms with Gasteiger partial charge in [0.1, 0.15) is 10.8 Å². The Morgan fingerprint density at radius 2 is 2.33 bits per heavy atom. The molecule has 8 heteroatoms. The summed E-state index contributed by atoms with van der Waals surface area (Å²) in [6, 6.07) is 5.49. The molecule has 0 saturated heterocycles. The van der Waals surface area contributed by atoms with Gasteiger partial charge in [0.2, 0.25) is 5.16 Å². The van der Waals surface area contributed by atoms with Gasteiger partial charge < -0.3 is 5.43 Å². The van der Waals surface area contributed by atoms with Crippen molar-refractivity contribution >= 4 is 17.6 Å². The molecule has 0 aliphatic rings. The highest BCUT2D eigenvalue weighted by Crippen LogP contribution is 2.23. The lowest BCUT2D eigenvalue weighted by Gasteiger charge is -2.01. The lowest BCUT2D eigenvalue weighted by molar-refractivity contribution is 0.664. The molecule has 0 saturated carbocycles. The molecule has 2 aromatic rings. The average molecular weight is 223 g/mol. The van der Waals surface area contributed by atoms with Crippen molar-refractivity contribution in [2.45, 2.75) is 10.2 Å². The number of anilines is 1. The molecule has 78 valence electrons.